The number of hydrogen-bond donors (Lipinski definition) is 1. The Morgan fingerprint density at radius 1 is 1.18 bits per heavy atom. The van der Waals surface area contributed by atoms with Crippen LogP contribution in [0.5, 0.6) is 5.75 Å². The smallest absolute Gasteiger partial charge is 0.159 e. The number of carbonyl (C=O) groups excluding carboxylic acids is 1. The number of rotatable bonds is 3. The van der Waals surface area contributed by atoms with E-state index in [9.17, 15) is 4.79 Å². The largest absolute Gasteiger partial charge is 0.490 e. The molecule has 0 amide bonds. The van der Waals surface area contributed by atoms with Crippen molar-refractivity contribution in [2.45, 2.75) is 44.8 Å². The normalized spacial score (nSPS) is 24.4. The van der Waals surface area contributed by atoms with Gasteiger partial charge < -0.3 is 10.5 Å². The molecule has 0 radical (unpaired) electrons. The maximum atomic E-state index is 11.1. The molecule has 1 aromatic rings. The number of Topliss-reactive ketones (excluding diaryl/α,β-unsaturated/α-hetero) is 1. The number of ketones is 1. The molecular formula is C14H19NO2. The third-order valence-electron chi connectivity index (χ3n) is 3.28. The summed E-state index contributed by atoms with van der Waals surface area (Å²) in [7, 11) is 0. The minimum absolute atomic E-state index is 0.0835. The summed E-state index contributed by atoms with van der Waals surface area (Å²) in [5.74, 6) is 0.927. The van der Waals surface area contributed by atoms with Crippen LogP contribution in [0.3, 0.4) is 0 Å². The Balaban J connectivity index is 1.92. The minimum Gasteiger partial charge on any atom is -0.490 e. The Morgan fingerprint density at radius 3 is 2.29 bits per heavy atom. The predicted molar refractivity (Wildman–Crippen MR) is 67.3 cm³/mol. The molecule has 1 aliphatic rings. The molecule has 2 N–H and O–H groups in total. The van der Waals surface area contributed by atoms with E-state index in [2.05, 4.69) is 0 Å². The zero-order valence-electron chi connectivity index (χ0n) is 10.2. The molecule has 0 spiro atoms. The molecule has 3 heteroatoms. The van der Waals surface area contributed by atoms with Crippen LogP contribution in [-0.4, -0.2) is 17.9 Å². The molecule has 0 bridgehead atoms. The Morgan fingerprint density at radius 2 is 1.76 bits per heavy atom. The van der Waals surface area contributed by atoms with E-state index in [4.69, 9.17) is 10.5 Å². The highest BCUT2D eigenvalue weighted by molar-refractivity contribution is 5.94. The van der Waals surface area contributed by atoms with Crippen molar-refractivity contribution in [1.29, 1.82) is 0 Å². The van der Waals surface area contributed by atoms with Crippen molar-refractivity contribution in [3.63, 3.8) is 0 Å². The summed E-state index contributed by atoms with van der Waals surface area (Å²) in [4.78, 5) is 11.1. The maximum absolute atomic E-state index is 11.1. The maximum Gasteiger partial charge on any atom is 0.159 e. The van der Waals surface area contributed by atoms with Gasteiger partial charge in [0.25, 0.3) is 0 Å². The van der Waals surface area contributed by atoms with Gasteiger partial charge >= 0.3 is 0 Å². The Hall–Kier alpha value is -1.35. The van der Waals surface area contributed by atoms with Crippen LogP contribution < -0.4 is 10.5 Å². The van der Waals surface area contributed by atoms with Crippen molar-refractivity contribution >= 4 is 5.78 Å². The van der Waals surface area contributed by atoms with Gasteiger partial charge in [-0.15, -0.1) is 0 Å². The second kappa shape index (κ2) is 5.32. The highest BCUT2D eigenvalue weighted by Gasteiger charge is 2.19. The molecule has 0 saturated heterocycles. The number of carbonyl (C=O) groups is 1. The molecule has 3 nitrogen and oxygen atoms in total. The Bertz CT molecular complexity index is 378. The number of nitrogens with two attached hydrogens (primary N) is 1. The number of ether oxygens (including phenoxy) is 1. The van der Waals surface area contributed by atoms with Gasteiger partial charge in [0.05, 0.1) is 6.10 Å². The molecule has 2 rings (SSSR count). The fraction of sp³-hybridized carbons (Fsp3) is 0.500. The summed E-state index contributed by atoms with van der Waals surface area (Å²) >= 11 is 0. The van der Waals surface area contributed by atoms with Gasteiger partial charge in [0.1, 0.15) is 5.75 Å². The molecular weight excluding hydrogens is 214 g/mol. The average molecular weight is 233 g/mol. The van der Waals surface area contributed by atoms with Crippen molar-refractivity contribution in [2.24, 2.45) is 5.73 Å². The first-order chi connectivity index (χ1) is 8.15. The first kappa shape index (κ1) is 12.1. The lowest BCUT2D eigenvalue weighted by Gasteiger charge is -2.26. The van der Waals surface area contributed by atoms with Crippen LogP contribution in [0.1, 0.15) is 43.0 Å². The van der Waals surface area contributed by atoms with Gasteiger partial charge in [0, 0.05) is 11.6 Å². The molecule has 1 aromatic carbocycles. The lowest BCUT2D eigenvalue weighted by atomic mass is 9.94. The molecule has 1 fully saturated rings. The fourth-order valence-electron chi connectivity index (χ4n) is 2.17. The summed E-state index contributed by atoms with van der Waals surface area (Å²) < 4.78 is 5.87. The van der Waals surface area contributed by atoms with Crippen LogP contribution in [0.4, 0.5) is 0 Å². The highest BCUT2D eigenvalue weighted by Crippen LogP contribution is 2.23. The lowest BCUT2D eigenvalue weighted by molar-refractivity contribution is 0.101. The first-order valence-corrected chi connectivity index (χ1v) is 6.18. The van der Waals surface area contributed by atoms with Crippen molar-refractivity contribution < 1.29 is 9.53 Å². The van der Waals surface area contributed by atoms with Crippen molar-refractivity contribution in [3.05, 3.63) is 29.8 Å². The van der Waals surface area contributed by atoms with E-state index < -0.39 is 0 Å². The zero-order valence-corrected chi connectivity index (χ0v) is 10.2. The van der Waals surface area contributed by atoms with E-state index >= 15 is 0 Å². The van der Waals surface area contributed by atoms with Crippen LogP contribution in [0.2, 0.25) is 0 Å². The van der Waals surface area contributed by atoms with Gasteiger partial charge in [0.2, 0.25) is 0 Å². The summed E-state index contributed by atoms with van der Waals surface area (Å²) in [5.41, 5.74) is 6.58. The third-order valence-corrected chi connectivity index (χ3v) is 3.28. The van der Waals surface area contributed by atoms with Gasteiger partial charge in [-0.3, -0.25) is 4.79 Å². The molecule has 0 unspecified atom stereocenters. The van der Waals surface area contributed by atoms with Gasteiger partial charge in [-0.05, 0) is 56.9 Å². The van der Waals surface area contributed by atoms with Gasteiger partial charge in [-0.2, -0.15) is 0 Å². The fourth-order valence-corrected chi connectivity index (χ4v) is 2.17. The number of benzene rings is 1. The monoisotopic (exact) mass is 233 g/mol. The molecule has 17 heavy (non-hydrogen) atoms. The molecule has 0 atom stereocenters. The van der Waals surface area contributed by atoms with Crippen LogP contribution in [0.15, 0.2) is 24.3 Å². The van der Waals surface area contributed by atoms with Crippen molar-refractivity contribution in [3.8, 4) is 5.75 Å². The van der Waals surface area contributed by atoms with E-state index in [1.165, 1.54) is 0 Å². The molecule has 92 valence electrons. The number of hydrogen-bond acceptors (Lipinski definition) is 3. The second-order valence-corrected chi connectivity index (χ2v) is 4.74. The van der Waals surface area contributed by atoms with Gasteiger partial charge in [0.15, 0.2) is 5.78 Å². The van der Waals surface area contributed by atoms with Crippen LogP contribution in [0.25, 0.3) is 0 Å². The topological polar surface area (TPSA) is 52.3 Å². The molecule has 0 heterocycles. The van der Waals surface area contributed by atoms with Crippen molar-refractivity contribution in [2.75, 3.05) is 0 Å². The highest BCUT2D eigenvalue weighted by atomic mass is 16.5. The van der Waals surface area contributed by atoms with E-state index in [0.717, 1.165) is 37.0 Å². The molecule has 1 saturated carbocycles. The first-order valence-electron chi connectivity index (χ1n) is 6.18. The third kappa shape index (κ3) is 3.30. The average Bonchev–Trinajstić information content (AvgIpc) is 2.33. The Labute approximate surface area is 102 Å². The van der Waals surface area contributed by atoms with Crippen LogP contribution in [-0.2, 0) is 0 Å². The standard InChI is InChI=1S/C14H19NO2/c1-10(16)11-2-6-13(7-3-11)17-14-8-4-12(15)5-9-14/h2-3,6-7,12,14H,4-5,8-9,15H2,1H3. The van der Waals surface area contributed by atoms with Crippen LogP contribution >= 0.6 is 0 Å². The van der Waals surface area contributed by atoms with Crippen molar-refractivity contribution in [1.82, 2.24) is 0 Å². The Kier molecular flexibility index (Phi) is 3.79. The summed E-state index contributed by atoms with van der Waals surface area (Å²) in [6.07, 6.45) is 4.40. The van der Waals surface area contributed by atoms with Gasteiger partial charge in [-0.25, -0.2) is 0 Å². The van der Waals surface area contributed by atoms with E-state index in [-0.39, 0.29) is 11.9 Å². The molecule has 0 aromatic heterocycles. The van der Waals surface area contributed by atoms with Gasteiger partial charge in [-0.1, -0.05) is 0 Å². The molecule has 0 aliphatic heterocycles. The summed E-state index contributed by atoms with van der Waals surface area (Å²) in [5, 5.41) is 0. The summed E-state index contributed by atoms with van der Waals surface area (Å²) in [6, 6.07) is 7.70. The summed E-state index contributed by atoms with van der Waals surface area (Å²) in [6.45, 7) is 1.57. The SMILES string of the molecule is CC(=O)c1ccc(OC2CCC(N)CC2)cc1. The second-order valence-electron chi connectivity index (χ2n) is 4.74. The zero-order chi connectivity index (χ0) is 12.3. The lowest BCUT2D eigenvalue weighted by Crippen LogP contribution is -2.31. The van der Waals surface area contributed by atoms with Crippen LogP contribution in [0, 0.1) is 0 Å². The van der Waals surface area contributed by atoms with E-state index in [0.29, 0.717) is 6.04 Å². The van der Waals surface area contributed by atoms with E-state index in [1.807, 2.05) is 24.3 Å². The quantitative estimate of drug-likeness (QED) is 0.816. The molecule has 1 aliphatic carbocycles. The minimum atomic E-state index is 0.0835. The predicted octanol–water partition coefficient (Wildman–Crippen LogP) is 2.54. The van der Waals surface area contributed by atoms with E-state index in [1.54, 1.807) is 6.92 Å².